The van der Waals surface area contributed by atoms with Gasteiger partial charge in [-0.05, 0) is 74.6 Å². The van der Waals surface area contributed by atoms with Crippen molar-refractivity contribution < 1.29 is 30.4 Å². The standard InChI is InChI=1S/C48H45N5O.Pt/c1-46(2,3)35-26-36(47(4,5)6)28-37(27-35)51-24-25-52(32-51)44-31-39(21-23-49-44)54-38-18-19-41-40-16-12-13-17-42(40)53(43(41)30-38)45-29-34(20-22-50-45)48(7,8)33-14-10-9-11-15-33;/h9-29H,1-8H3;/q-2;. The van der Waals surface area contributed by atoms with E-state index in [1.54, 1.807) is 6.20 Å². The molecule has 0 radical (unpaired) electrons. The Kier molecular flexibility index (Phi) is 9.94. The molecule has 0 aliphatic rings. The summed E-state index contributed by atoms with van der Waals surface area (Å²) in [4.78, 5) is 9.50. The molecule has 0 atom stereocenters. The Balaban J connectivity index is 0.00000465. The van der Waals surface area contributed by atoms with E-state index < -0.39 is 0 Å². The molecular weight excluding hydrogens is 858 g/mol. The number of nitrogens with zero attached hydrogens (tertiary/aromatic N) is 5. The quantitative estimate of drug-likeness (QED) is 0.118. The van der Waals surface area contributed by atoms with Gasteiger partial charge in [0.05, 0.1) is 11.5 Å². The summed E-state index contributed by atoms with van der Waals surface area (Å²) in [6, 6.07) is 42.9. The molecule has 280 valence electrons. The second-order valence-corrected chi connectivity index (χ2v) is 16.6. The third-order valence-electron chi connectivity index (χ3n) is 10.4. The summed E-state index contributed by atoms with van der Waals surface area (Å²) in [7, 11) is 0. The summed E-state index contributed by atoms with van der Waals surface area (Å²) in [6.07, 6.45) is 11.0. The van der Waals surface area contributed by atoms with Crippen molar-refractivity contribution in [3.8, 4) is 28.8 Å². The Morgan fingerprint density at radius 1 is 0.618 bits per heavy atom. The van der Waals surface area contributed by atoms with Gasteiger partial charge in [-0.1, -0.05) is 122 Å². The average Bonchev–Trinajstić information content (AvgIpc) is 3.78. The fourth-order valence-corrected chi connectivity index (χ4v) is 6.98. The Morgan fingerprint density at radius 3 is 2.02 bits per heavy atom. The van der Waals surface area contributed by atoms with Crippen molar-refractivity contribution >= 4 is 21.8 Å². The molecule has 4 aromatic carbocycles. The first kappa shape index (κ1) is 38.0. The minimum atomic E-state index is -0.215. The molecule has 0 saturated carbocycles. The Bertz CT molecular complexity index is 2610. The SMILES string of the molecule is CC(C)(C)c1cc(-[n+]2[c-]n(-c3[c-]c(Oc4[c-]c5c(cc4)c4ccccc4n5-c4cc(C(C)(C)c5ccccc5)ccn4)ccn3)cc2)cc(C(C)(C)C)c1.[Pt]. The van der Waals surface area contributed by atoms with E-state index >= 15 is 0 Å². The Morgan fingerprint density at radius 2 is 1.29 bits per heavy atom. The van der Waals surface area contributed by atoms with Crippen LogP contribution >= 0.6 is 0 Å². The molecule has 0 saturated heterocycles. The van der Waals surface area contributed by atoms with Crippen molar-refractivity contribution in [2.24, 2.45) is 0 Å². The van der Waals surface area contributed by atoms with E-state index in [0.29, 0.717) is 17.3 Å². The molecule has 8 aromatic rings. The first-order valence-corrected chi connectivity index (χ1v) is 18.5. The maximum Gasteiger partial charge on any atom is 0.268 e. The largest absolute Gasteiger partial charge is 0.522 e. The zero-order valence-corrected chi connectivity index (χ0v) is 34.9. The van der Waals surface area contributed by atoms with Crippen molar-refractivity contribution in [2.75, 3.05) is 0 Å². The van der Waals surface area contributed by atoms with Gasteiger partial charge in [0.1, 0.15) is 5.82 Å². The minimum Gasteiger partial charge on any atom is -0.522 e. The minimum absolute atomic E-state index is 0. The molecular formula is C48H45N5OPt-2. The Hall–Kier alpha value is -5.32. The zero-order chi connectivity index (χ0) is 37.8. The van der Waals surface area contributed by atoms with Crippen LogP contribution in [0.25, 0.3) is 39.1 Å². The molecule has 55 heavy (non-hydrogen) atoms. The number of hydrogen-bond acceptors (Lipinski definition) is 3. The molecule has 0 fully saturated rings. The average molecular weight is 903 g/mol. The molecule has 0 aliphatic carbocycles. The van der Waals surface area contributed by atoms with Gasteiger partial charge in [-0.25, -0.2) is 4.98 Å². The van der Waals surface area contributed by atoms with Crippen LogP contribution in [0.15, 0.2) is 128 Å². The second-order valence-electron chi connectivity index (χ2n) is 16.6. The predicted octanol–water partition coefficient (Wildman–Crippen LogP) is 10.8. The smallest absolute Gasteiger partial charge is 0.268 e. The summed E-state index contributed by atoms with van der Waals surface area (Å²) in [6.45, 7) is 18.0. The van der Waals surface area contributed by atoms with Gasteiger partial charge in [0.25, 0.3) is 6.33 Å². The van der Waals surface area contributed by atoms with E-state index in [1.165, 1.54) is 22.3 Å². The van der Waals surface area contributed by atoms with Crippen LogP contribution in [0.3, 0.4) is 0 Å². The fourth-order valence-electron chi connectivity index (χ4n) is 6.98. The van der Waals surface area contributed by atoms with E-state index in [9.17, 15) is 0 Å². The maximum absolute atomic E-state index is 6.45. The molecule has 0 N–H and O–H groups in total. The molecule has 0 unspecified atom stereocenters. The number of imidazole rings is 1. The topological polar surface area (TPSA) is 48.8 Å². The number of pyridine rings is 2. The van der Waals surface area contributed by atoms with Gasteiger partial charge in [0.15, 0.2) is 0 Å². The molecule has 0 bridgehead atoms. The third kappa shape index (κ3) is 7.41. The molecule has 6 nitrogen and oxygen atoms in total. The van der Waals surface area contributed by atoms with Gasteiger partial charge in [0, 0.05) is 56.3 Å². The second kappa shape index (κ2) is 14.4. The number of ether oxygens (including phenoxy) is 1. The number of para-hydroxylation sites is 1. The van der Waals surface area contributed by atoms with Crippen molar-refractivity contribution in [2.45, 2.75) is 71.6 Å². The van der Waals surface area contributed by atoms with Crippen molar-refractivity contribution in [1.29, 1.82) is 0 Å². The van der Waals surface area contributed by atoms with E-state index in [1.807, 2.05) is 39.9 Å². The van der Waals surface area contributed by atoms with Crippen molar-refractivity contribution in [3.63, 3.8) is 0 Å². The van der Waals surface area contributed by atoms with E-state index in [0.717, 1.165) is 33.3 Å². The van der Waals surface area contributed by atoms with Gasteiger partial charge in [0.2, 0.25) is 0 Å². The normalized spacial score (nSPS) is 12.2. The Labute approximate surface area is 338 Å². The summed E-state index contributed by atoms with van der Waals surface area (Å²) >= 11 is 0. The first-order chi connectivity index (χ1) is 25.8. The van der Waals surface area contributed by atoms with Gasteiger partial charge < -0.3 is 9.30 Å². The van der Waals surface area contributed by atoms with Crippen LogP contribution in [0.4, 0.5) is 0 Å². The van der Waals surface area contributed by atoms with Crippen LogP contribution in [0, 0.1) is 18.5 Å². The first-order valence-electron chi connectivity index (χ1n) is 18.5. The number of benzene rings is 4. The van der Waals surface area contributed by atoms with Crippen LogP contribution in [0.1, 0.15) is 77.6 Å². The van der Waals surface area contributed by atoms with Gasteiger partial charge in [-0.3, -0.25) is 14.1 Å². The summed E-state index contributed by atoms with van der Waals surface area (Å²) < 4.78 is 12.5. The van der Waals surface area contributed by atoms with Crippen LogP contribution < -0.4 is 9.30 Å². The molecule has 0 amide bonds. The van der Waals surface area contributed by atoms with E-state index in [-0.39, 0.29) is 37.3 Å². The van der Waals surface area contributed by atoms with Gasteiger partial charge >= 0.3 is 0 Å². The predicted molar refractivity (Wildman–Crippen MR) is 216 cm³/mol. The van der Waals surface area contributed by atoms with Crippen LogP contribution in [0.5, 0.6) is 11.5 Å². The van der Waals surface area contributed by atoms with Crippen molar-refractivity contribution in [1.82, 2.24) is 19.1 Å². The molecule has 7 heteroatoms. The number of rotatable bonds is 7. The van der Waals surface area contributed by atoms with E-state index in [2.05, 4.69) is 174 Å². The van der Waals surface area contributed by atoms with Gasteiger partial charge in [-0.2, -0.15) is 18.2 Å². The molecule has 8 rings (SSSR count). The summed E-state index contributed by atoms with van der Waals surface area (Å²) in [5.74, 6) is 2.50. The monoisotopic (exact) mass is 902 g/mol. The molecule has 4 aromatic heterocycles. The van der Waals surface area contributed by atoms with Crippen LogP contribution in [0.2, 0.25) is 0 Å². The molecule has 4 heterocycles. The van der Waals surface area contributed by atoms with Crippen LogP contribution in [-0.2, 0) is 37.3 Å². The summed E-state index contributed by atoms with van der Waals surface area (Å²) in [5, 5.41) is 2.20. The third-order valence-corrected chi connectivity index (χ3v) is 10.4. The summed E-state index contributed by atoms with van der Waals surface area (Å²) in [5.41, 5.74) is 7.79. The van der Waals surface area contributed by atoms with Gasteiger partial charge in [-0.15, -0.1) is 17.5 Å². The number of aromatic nitrogens is 5. The number of hydrogen-bond donors (Lipinski definition) is 0. The van der Waals surface area contributed by atoms with Crippen molar-refractivity contribution in [3.05, 3.63) is 169 Å². The zero-order valence-electron chi connectivity index (χ0n) is 32.6. The maximum atomic E-state index is 6.45. The fraction of sp³-hybridized carbons (Fsp3) is 0.229. The van der Waals surface area contributed by atoms with Crippen LogP contribution in [-0.4, -0.2) is 19.1 Å². The number of fused-ring (bicyclic) bond motifs is 3. The molecule has 0 aliphatic heterocycles. The molecule has 0 spiro atoms. The van der Waals surface area contributed by atoms with E-state index in [4.69, 9.17) is 9.72 Å².